The van der Waals surface area contributed by atoms with Crippen LogP contribution in [0, 0.1) is 0 Å². The summed E-state index contributed by atoms with van der Waals surface area (Å²) >= 11 is 0. The quantitative estimate of drug-likeness (QED) is 0.0321. The van der Waals surface area contributed by atoms with Crippen molar-refractivity contribution in [2.45, 2.75) is 277 Å². The van der Waals surface area contributed by atoms with Gasteiger partial charge in [-0.3, -0.25) is 9.59 Å². The topological polar surface area (TPSA) is 95.9 Å². The highest BCUT2D eigenvalue weighted by Crippen LogP contribution is 2.17. The summed E-state index contributed by atoms with van der Waals surface area (Å²) < 4.78 is 5.91. The number of hydrogen-bond donors (Lipinski definition) is 3. The Bertz CT molecular complexity index is 1190. The van der Waals surface area contributed by atoms with Gasteiger partial charge in [0.2, 0.25) is 5.91 Å². The average molecular weight is 894 g/mol. The van der Waals surface area contributed by atoms with Crippen molar-refractivity contribution in [1.82, 2.24) is 5.32 Å². The number of ether oxygens (including phenoxy) is 1. The first-order chi connectivity index (χ1) is 31.5. The molecule has 0 rings (SSSR count). The van der Waals surface area contributed by atoms with Crippen molar-refractivity contribution in [3.05, 3.63) is 72.9 Å². The van der Waals surface area contributed by atoms with Gasteiger partial charge in [0, 0.05) is 6.42 Å². The van der Waals surface area contributed by atoms with E-state index in [4.69, 9.17) is 4.74 Å². The number of allylic oxidation sites excluding steroid dienone is 12. The zero-order chi connectivity index (χ0) is 46.7. The van der Waals surface area contributed by atoms with Crippen molar-refractivity contribution in [2.24, 2.45) is 0 Å². The monoisotopic (exact) mass is 894 g/mol. The molecule has 64 heavy (non-hydrogen) atoms. The fraction of sp³-hybridized carbons (Fsp3) is 0.759. The van der Waals surface area contributed by atoms with E-state index in [2.05, 4.69) is 99.0 Å². The molecule has 0 aliphatic carbocycles. The van der Waals surface area contributed by atoms with Gasteiger partial charge in [-0.1, -0.05) is 222 Å². The largest absolute Gasteiger partial charge is 0.462 e. The highest BCUT2D eigenvalue weighted by Gasteiger charge is 2.24. The lowest BCUT2D eigenvalue weighted by atomic mass is 10.0. The van der Waals surface area contributed by atoms with Crippen molar-refractivity contribution in [3.8, 4) is 0 Å². The number of hydrogen-bond acceptors (Lipinski definition) is 5. The molecule has 0 fully saturated rings. The van der Waals surface area contributed by atoms with Gasteiger partial charge >= 0.3 is 5.97 Å². The zero-order valence-corrected chi connectivity index (χ0v) is 42.1. The van der Waals surface area contributed by atoms with Gasteiger partial charge in [0.15, 0.2) is 0 Å². The number of amides is 1. The lowest BCUT2D eigenvalue weighted by Gasteiger charge is -2.24. The van der Waals surface area contributed by atoms with Crippen molar-refractivity contribution < 1.29 is 24.5 Å². The molecule has 0 aromatic carbocycles. The normalized spacial score (nSPS) is 13.8. The maximum absolute atomic E-state index is 13.2. The molecule has 6 nitrogen and oxygen atoms in total. The van der Waals surface area contributed by atoms with E-state index in [1.807, 2.05) is 0 Å². The van der Waals surface area contributed by atoms with E-state index >= 15 is 0 Å². The Morgan fingerprint density at radius 1 is 0.469 bits per heavy atom. The molecule has 1 amide bonds. The summed E-state index contributed by atoms with van der Waals surface area (Å²) in [6.45, 7) is 6.34. The number of unbranched alkanes of at least 4 members (excludes halogenated alkanes) is 24. The summed E-state index contributed by atoms with van der Waals surface area (Å²) in [5.41, 5.74) is 0. The highest BCUT2D eigenvalue weighted by atomic mass is 16.5. The summed E-state index contributed by atoms with van der Waals surface area (Å²) in [7, 11) is 0. The number of carbonyl (C=O) groups is 2. The number of aliphatic hydroxyl groups excluding tert-OH is 2. The third-order valence-electron chi connectivity index (χ3n) is 12.0. The van der Waals surface area contributed by atoms with Crippen molar-refractivity contribution in [2.75, 3.05) is 6.61 Å². The Balaban J connectivity index is 4.53. The Morgan fingerprint density at radius 2 is 0.844 bits per heavy atom. The van der Waals surface area contributed by atoms with Crippen LogP contribution in [0.4, 0.5) is 0 Å². The van der Waals surface area contributed by atoms with Gasteiger partial charge in [-0.15, -0.1) is 0 Å². The predicted molar refractivity (Wildman–Crippen MR) is 278 cm³/mol. The molecular formula is C58H103NO5. The highest BCUT2D eigenvalue weighted by molar-refractivity contribution is 5.77. The summed E-state index contributed by atoms with van der Waals surface area (Å²) in [6.07, 6.45) is 65.4. The molecule has 3 N–H and O–H groups in total. The van der Waals surface area contributed by atoms with Gasteiger partial charge in [0.05, 0.1) is 25.2 Å². The number of carbonyl (C=O) groups excluding carboxylic acids is 2. The molecule has 0 aliphatic rings. The minimum Gasteiger partial charge on any atom is -0.462 e. The van der Waals surface area contributed by atoms with E-state index in [-0.39, 0.29) is 24.9 Å². The molecule has 0 aliphatic heterocycles. The second kappa shape index (κ2) is 51.3. The number of nitrogens with one attached hydrogen (secondary N) is 1. The second-order valence-corrected chi connectivity index (χ2v) is 18.2. The summed E-state index contributed by atoms with van der Waals surface area (Å²) in [6, 6.07) is -0.715. The summed E-state index contributed by atoms with van der Waals surface area (Å²) in [5.74, 6) is -0.528. The lowest BCUT2D eigenvalue weighted by molar-refractivity contribution is -0.151. The first kappa shape index (κ1) is 61.3. The smallest absolute Gasteiger partial charge is 0.306 e. The van der Waals surface area contributed by atoms with Crippen LogP contribution in [0.3, 0.4) is 0 Å². The van der Waals surface area contributed by atoms with Gasteiger partial charge in [-0.05, 0) is 96.3 Å². The predicted octanol–water partition coefficient (Wildman–Crippen LogP) is 16.6. The van der Waals surface area contributed by atoms with Crippen LogP contribution in [0.15, 0.2) is 72.9 Å². The zero-order valence-electron chi connectivity index (χ0n) is 42.1. The van der Waals surface area contributed by atoms with Crippen LogP contribution in [0.5, 0.6) is 0 Å². The molecule has 0 spiro atoms. The molecule has 370 valence electrons. The molecule has 0 aromatic heterocycles. The molecule has 0 bridgehead atoms. The Labute approximate surface area is 396 Å². The van der Waals surface area contributed by atoms with Crippen molar-refractivity contribution >= 4 is 11.9 Å². The number of esters is 1. The van der Waals surface area contributed by atoms with E-state index in [0.717, 1.165) is 109 Å². The molecule has 0 heterocycles. The maximum atomic E-state index is 13.2. The Morgan fingerprint density at radius 3 is 1.33 bits per heavy atom. The first-order valence-electron chi connectivity index (χ1n) is 27.2. The van der Waals surface area contributed by atoms with Crippen LogP contribution in [0.2, 0.25) is 0 Å². The average Bonchev–Trinajstić information content (AvgIpc) is 3.29. The molecule has 6 heteroatoms. The first-order valence-corrected chi connectivity index (χ1v) is 27.2. The van der Waals surface area contributed by atoms with Crippen molar-refractivity contribution in [3.63, 3.8) is 0 Å². The van der Waals surface area contributed by atoms with Gasteiger partial charge in [0.25, 0.3) is 0 Å². The lowest BCUT2D eigenvalue weighted by Crippen LogP contribution is -2.46. The van der Waals surface area contributed by atoms with Gasteiger partial charge in [-0.25, -0.2) is 0 Å². The minimum atomic E-state index is -0.800. The minimum absolute atomic E-state index is 0.0510. The number of aliphatic hydroxyl groups is 2. The van der Waals surface area contributed by atoms with E-state index < -0.39 is 18.2 Å². The molecule has 3 atom stereocenters. The molecule has 3 unspecified atom stereocenters. The van der Waals surface area contributed by atoms with Crippen molar-refractivity contribution in [1.29, 1.82) is 0 Å². The van der Waals surface area contributed by atoms with Crippen LogP contribution in [-0.2, 0) is 14.3 Å². The fourth-order valence-electron chi connectivity index (χ4n) is 7.92. The van der Waals surface area contributed by atoms with Crippen LogP contribution >= 0.6 is 0 Å². The third-order valence-corrected chi connectivity index (χ3v) is 12.0. The molecule has 0 radical (unpaired) electrons. The van der Waals surface area contributed by atoms with Crippen LogP contribution < -0.4 is 5.32 Å². The van der Waals surface area contributed by atoms with E-state index in [9.17, 15) is 19.8 Å². The number of rotatable bonds is 48. The molecule has 0 saturated heterocycles. The van der Waals surface area contributed by atoms with Crippen LogP contribution in [0.25, 0.3) is 0 Å². The summed E-state index contributed by atoms with van der Waals surface area (Å²) in [5, 5.41) is 23.8. The summed E-state index contributed by atoms with van der Waals surface area (Å²) in [4.78, 5) is 26.1. The van der Waals surface area contributed by atoms with Gasteiger partial charge in [0.1, 0.15) is 6.10 Å². The Hall–Kier alpha value is -2.70. The third kappa shape index (κ3) is 45.9. The van der Waals surface area contributed by atoms with Crippen LogP contribution in [0.1, 0.15) is 258 Å². The fourth-order valence-corrected chi connectivity index (χ4v) is 7.92. The standard InChI is InChI=1S/C58H103NO5/c1-4-7-10-13-16-19-22-24-26-28-29-30-32-34-36-39-42-45-48-51-58(63)64-54(49-46-43-40-37-21-18-15-12-9-6-3)52-57(62)59-55(53-60)56(61)50-47-44-41-38-35-33-31-27-25-23-20-17-14-11-8-5-2/h7,10,16,18-19,21,24,26,29-30,34,36,54-56,60-61H,4-6,8-9,11-15,17,20,22-23,25,27-28,31-33,35,37-53H2,1-3H3,(H,59,62)/b10-7-,19-16-,21-18-,26-24-,30-29-,36-34-. The molecule has 0 saturated carbocycles. The van der Waals surface area contributed by atoms with E-state index in [1.165, 1.54) is 103 Å². The second-order valence-electron chi connectivity index (χ2n) is 18.2. The van der Waals surface area contributed by atoms with E-state index in [1.54, 1.807) is 0 Å². The maximum Gasteiger partial charge on any atom is 0.306 e. The van der Waals surface area contributed by atoms with Crippen LogP contribution in [-0.4, -0.2) is 46.9 Å². The molecule has 0 aromatic rings. The van der Waals surface area contributed by atoms with Gasteiger partial charge < -0.3 is 20.3 Å². The molecular weight excluding hydrogens is 791 g/mol. The van der Waals surface area contributed by atoms with E-state index in [0.29, 0.717) is 19.3 Å². The SMILES string of the molecule is CC/C=C\C/C=C\C/C=C\C/C=C\C/C=C\CCCCCC(=O)OC(CCCCC/C=C\CCCCC)CC(=O)NC(CO)C(O)CCCCCCCCCCCCCCCCCC. The van der Waals surface area contributed by atoms with Gasteiger partial charge in [-0.2, -0.15) is 0 Å². The Kier molecular flexibility index (Phi) is 49.1.